The summed E-state index contributed by atoms with van der Waals surface area (Å²) >= 11 is 0. The molecule has 4 N–H and O–H groups in total. The van der Waals surface area contributed by atoms with E-state index < -0.39 is 0 Å². The van der Waals surface area contributed by atoms with Crippen molar-refractivity contribution in [2.24, 2.45) is 10.9 Å². The Morgan fingerprint density at radius 2 is 2.14 bits per heavy atom. The molecular formula is C15H18N4O2. The van der Waals surface area contributed by atoms with Crippen LogP contribution in [0.15, 0.2) is 47.8 Å². The monoisotopic (exact) mass is 286 g/mol. The van der Waals surface area contributed by atoms with Gasteiger partial charge in [-0.3, -0.25) is 0 Å². The zero-order valence-electron chi connectivity index (χ0n) is 11.8. The number of hydrogen-bond acceptors (Lipinski definition) is 5. The van der Waals surface area contributed by atoms with Gasteiger partial charge in [0.2, 0.25) is 5.88 Å². The normalized spacial score (nSPS) is 11.2. The van der Waals surface area contributed by atoms with Crippen LogP contribution < -0.4 is 15.8 Å². The van der Waals surface area contributed by atoms with Gasteiger partial charge in [-0.25, -0.2) is 4.98 Å². The first-order chi connectivity index (χ1) is 10.2. The van der Waals surface area contributed by atoms with E-state index >= 15 is 0 Å². The number of hydrogen-bond donors (Lipinski definition) is 3. The van der Waals surface area contributed by atoms with Crippen molar-refractivity contribution in [3.63, 3.8) is 0 Å². The van der Waals surface area contributed by atoms with Crippen molar-refractivity contribution in [1.29, 1.82) is 0 Å². The zero-order chi connectivity index (χ0) is 15.1. The molecule has 0 radical (unpaired) electrons. The second kappa shape index (κ2) is 7.14. The minimum atomic E-state index is 0.0946. The summed E-state index contributed by atoms with van der Waals surface area (Å²) in [6, 6.07) is 11.2. The number of ether oxygens (including phenoxy) is 1. The number of anilines is 1. The van der Waals surface area contributed by atoms with Gasteiger partial charge in [-0.2, -0.15) is 0 Å². The third-order valence-electron chi connectivity index (χ3n) is 2.91. The second-order valence-corrected chi connectivity index (χ2v) is 4.31. The molecule has 1 aromatic carbocycles. The standard InChI is InChI=1S/C15H18N4O2/c1-2-21-14-8-7-12(10-18-14)17-9-11-5-3-4-6-13(11)15(16)19-20/h3-8,10,17,20H,2,9H2,1H3,(H2,16,19). The summed E-state index contributed by atoms with van der Waals surface area (Å²) in [5.41, 5.74) is 8.16. The van der Waals surface area contributed by atoms with Crippen LogP contribution in [0, 0.1) is 0 Å². The highest BCUT2D eigenvalue weighted by Gasteiger charge is 2.06. The number of nitrogens with zero attached hydrogens (tertiary/aromatic N) is 2. The van der Waals surface area contributed by atoms with Crippen molar-refractivity contribution >= 4 is 11.5 Å². The van der Waals surface area contributed by atoms with E-state index in [9.17, 15) is 0 Å². The summed E-state index contributed by atoms with van der Waals surface area (Å²) in [5, 5.41) is 15.1. The molecule has 0 saturated heterocycles. The van der Waals surface area contributed by atoms with Gasteiger partial charge >= 0.3 is 0 Å². The Morgan fingerprint density at radius 1 is 1.33 bits per heavy atom. The second-order valence-electron chi connectivity index (χ2n) is 4.31. The third kappa shape index (κ3) is 3.85. The lowest BCUT2D eigenvalue weighted by Gasteiger charge is -2.10. The fraction of sp³-hybridized carbons (Fsp3) is 0.200. The minimum absolute atomic E-state index is 0.0946. The first kappa shape index (κ1) is 14.6. The lowest BCUT2D eigenvalue weighted by atomic mass is 10.1. The summed E-state index contributed by atoms with van der Waals surface area (Å²) in [6.07, 6.45) is 1.71. The van der Waals surface area contributed by atoms with Gasteiger partial charge < -0.3 is 21.0 Å². The van der Waals surface area contributed by atoms with E-state index in [-0.39, 0.29) is 5.84 Å². The van der Waals surface area contributed by atoms with E-state index in [0.29, 0.717) is 24.6 Å². The average Bonchev–Trinajstić information content (AvgIpc) is 2.54. The largest absolute Gasteiger partial charge is 0.478 e. The van der Waals surface area contributed by atoms with Gasteiger partial charge in [-0.15, -0.1) is 0 Å². The molecule has 110 valence electrons. The molecule has 0 atom stereocenters. The molecule has 1 heterocycles. The lowest BCUT2D eigenvalue weighted by molar-refractivity contribution is 0.318. The zero-order valence-corrected chi connectivity index (χ0v) is 11.8. The fourth-order valence-corrected chi connectivity index (χ4v) is 1.89. The van der Waals surface area contributed by atoms with E-state index in [1.165, 1.54) is 0 Å². The fourth-order valence-electron chi connectivity index (χ4n) is 1.89. The molecule has 0 aliphatic heterocycles. The molecule has 6 nitrogen and oxygen atoms in total. The molecule has 0 fully saturated rings. The van der Waals surface area contributed by atoms with Crippen LogP contribution >= 0.6 is 0 Å². The molecular weight excluding hydrogens is 268 g/mol. The van der Waals surface area contributed by atoms with Crippen LogP contribution in [0.5, 0.6) is 5.88 Å². The van der Waals surface area contributed by atoms with Gasteiger partial charge in [0, 0.05) is 18.2 Å². The van der Waals surface area contributed by atoms with Crippen molar-refractivity contribution in [1.82, 2.24) is 4.98 Å². The van der Waals surface area contributed by atoms with E-state index in [2.05, 4.69) is 15.5 Å². The molecule has 0 amide bonds. The molecule has 0 bridgehead atoms. The predicted octanol–water partition coefficient (Wildman–Crippen LogP) is 2.19. The first-order valence-corrected chi connectivity index (χ1v) is 6.63. The van der Waals surface area contributed by atoms with Gasteiger partial charge in [0.05, 0.1) is 18.5 Å². The number of nitrogens with two attached hydrogens (primary N) is 1. The highest BCUT2D eigenvalue weighted by Crippen LogP contribution is 2.14. The van der Waals surface area contributed by atoms with Gasteiger partial charge in [0.15, 0.2) is 5.84 Å². The van der Waals surface area contributed by atoms with Gasteiger partial charge in [-0.05, 0) is 18.6 Å². The Balaban J connectivity index is 2.06. The third-order valence-corrected chi connectivity index (χ3v) is 2.91. The number of pyridine rings is 1. The van der Waals surface area contributed by atoms with Crippen LogP contribution in [0.25, 0.3) is 0 Å². The minimum Gasteiger partial charge on any atom is -0.478 e. The highest BCUT2D eigenvalue weighted by molar-refractivity contribution is 5.98. The van der Waals surface area contributed by atoms with Crippen molar-refractivity contribution in [2.75, 3.05) is 11.9 Å². The maximum Gasteiger partial charge on any atom is 0.213 e. The summed E-state index contributed by atoms with van der Waals surface area (Å²) in [7, 11) is 0. The van der Waals surface area contributed by atoms with E-state index in [0.717, 1.165) is 11.3 Å². The molecule has 6 heteroatoms. The van der Waals surface area contributed by atoms with Crippen LogP contribution in [0.4, 0.5) is 5.69 Å². The van der Waals surface area contributed by atoms with Crippen LogP contribution in [-0.2, 0) is 6.54 Å². The maximum absolute atomic E-state index is 8.80. The molecule has 0 aliphatic carbocycles. The number of aromatic nitrogens is 1. The summed E-state index contributed by atoms with van der Waals surface area (Å²) < 4.78 is 5.29. The Labute approximate surface area is 123 Å². The highest BCUT2D eigenvalue weighted by atomic mass is 16.5. The molecule has 0 unspecified atom stereocenters. The van der Waals surface area contributed by atoms with E-state index in [1.807, 2.05) is 37.3 Å². The Hall–Kier alpha value is -2.76. The lowest BCUT2D eigenvalue weighted by Crippen LogP contribution is -2.16. The number of amidine groups is 1. The predicted molar refractivity (Wildman–Crippen MR) is 81.7 cm³/mol. The topological polar surface area (TPSA) is 92.8 Å². The first-order valence-electron chi connectivity index (χ1n) is 6.63. The Bertz CT molecular complexity index is 611. The Kier molecular flexibility index (Phi) is 4.98. The summed E-state index contributed by atoms with van der Waals surface area (Å²) in [5.74, 6) is 0.692. The molecule has 21 heavy (non-hydrogen) atoms. The van der Waals surface area contributed by atoms with Gasteiger partial charge in [0.1, 0.15) is 0 Å². The average molecular weight is 286 g/mol. The van der Waals surface area contributed by atoms with Crippen molar-refractivity contribution in [2.45, 2.75) is 13.5 Å². The number of oxime groups is 1. The summed E-state index contributed by atoms with van der Waals surface area (Å²) in [6.45, 7) is 3.05. The Morgan fingerprint density at radius 3 is 2.81 bits per heavy atom. The van der Waals surface area contributed by atoms with Crippen molar-refractivity contribution in [3.8, 4) is 5.88 Å². The maximum atomic E-state index is 8.80. The van der Waals surface area contributed by atoms with Crippen LogP contribution in [-0.4, -0.2) is 22.6 Å². The smallest absolute Gasteiger partial charge is 0.213 e. The number of nitrogens with one attached hydrogen (secondary N) is 1. The molecule has 0 saturated carbocycles. The van der Waals surface area contributed by atoms with Crippen LogP contribution in [0.3, 0.4) is 0 Å². The van der Waals surface area contributed by atoms with Gasteiger partial charge in [-0.1, -0.05) is 29.4 Å². The SMILES string of the molecule is CCOc1ccc(NCc2ccccc2/C(N)=N/O)cn1. The number of rotatable bonds is 6. The molecule has 1 aromatic heterocycles. The quantitative estimate of drug-likeness (QED) is 0.327. The molecule has 0 aliphatic rings. The van der Waals surface area contributed by atoms with Gasteiger partial charge in [0.25, 0.3) is 0 Å². The molecule has 2 rings (SSSR count). The van der Waals surface area contributed by atoms with Crippen LogP contribution in [0.1, 0.15) is 18.1 Å². The summed E-state index contributed by atoms with van der Waals surface area (Å²) in [4.78, 5) is 4.18. The van der Waals surface area contributed by atoms with Crippen molar-refractivity contribution in [3.05, 3.63) is 53.7 Å². The van der Waals surface area contributed by atoms with E-state index in [1.54, 1.807) is 12.3 Å². The van der Waals surface area contributed by atoms with E-state index in [4.69, 9.17) is 15.7 Å². The molecule has 0 spiro atoms. The number of benzene rings is 1. The molecule has 2 aromatic rings. The van der Waals surface area contributed by atoms with Crippen LogP contribution in [0.2, 0.25) is 0 Å². The van der Waals surface area contributed by atoms with Crippen molar-refractivity contribution < 1.29 is 9.94 Å².